The predicted molar refractivity (Wildman–Crippen MR) is 94.7 cm³/mol. The normalized spacial score (nSPS) is 11.0. The van der Waals surface area contributed by atoms with Gasteiger partial charge < -0.3 is 0 Å². The predicted octanol–water partition coefficient (Wildman–Crippen LogP) is 4.12. The Hall–Kier alpha value is -3.61. The average molecular weight is 351 g/mol. The highest BCUT2D eigenvalue weighted by Crippen LogP contribution is 2.17. The van der Waals surface area contributed by atoms with E-state index in [1.165, 1.54) is 42.6 Å². The third-order valence-electron chi connectivity index (χ3n) is 3.85. The number of allylic oxidation sites excluding steroid dienone is 1. The van der Waals surface area contributed by atoms with Crippen LogP contribution in [0.4, 0.5) is 10.1 Å². The van der Waals surface area contributed by atoms with Crippen LogP contribution in [0.2, 0.25) is 0 Å². The zero-order chi connectivity index (χ0) is 18.7. The largest absolute Gasteiger partial charge is 0.289 e. The van der Waals surface area contributed by atoms with Gasteiger partial charge in [0.05, 0.1) is 28.1 Å². The topological polar surface area (TPSA) is 78.0 Å². The second-order valence-electron chi connectivity index (χ2n) is 5.58. The van der Waals surface area contributed by atoms with Gasteiger partial charge in [-0.3, -0.25) is 14.9 Å². The van der Waals surface area contributed by atoms with E-state index < -0.39 is 4.92 Å². The Morgan fingerprint density at radius 2 is 1.96 bits per heavy atom. The average Bonchev–Trinajstić information content (AvgIpc) is 3.02. The first-order chi connectivity index (χ1) is 12.5. The molecule has 0 atom stereocenters. The maximum absolute atomic E-state index is 13.0. The summed E-state index contributed by atoms with van der Waals surface area (Å²) < 4.78 is 14.6. The lowest BCUT2D eigenvalue weighted by Gasteiger charge is -2.04. The van der Waals surface area contributed by atoms with E-state index >= 15 is 0 Å². The summed E-state index contributed by atoms with van der Waals surface area (Å²) in [5, 5.41) is 15.0. The minimum absolute atomic E-state index is 0.0418. The van der Waals surface area contributed by atoms with E-state index in [-0.39, 0.29) is 17.3 Å². The molecular weight excluding hydrogens is 337 g/mol. The van der Waals surface area contributed by atoms with Crippen molar-refractivity contribution in [2.45, 2.75) is 6.92 Å². The van der Waals surface area contributed by atoms with Crippen LogP contribution in [-0.4, -0.2) is 20.5 Å². The molecule has 0 saturated carbocycles. The fourth-order valence-electron chi connectivity index (χ4n) is 2.50. The molecule has 3 rings (SSSR count). The molecule has 130 valence electrons. The van der Waals surface area contributed by atoms with E-state index in [0.29, 0.717) is 22.5 Å². The molecule has 1 heterocycles. The summed E-state index contributed by atoms with van der Waals surface area (Å²) in [6, 6.07) is 11.8. The van der Waals surface area contributed by atoms with Crippen LogP contribution in [0.25, 0.3) is 11.8 Å². The van der Waals surface area contributed by atoms with Gasteiger partial charge in [0.25, 0.3) is 5.69 Å². The molecule has 3 aromatic rings. The second-order valence-corrected chi connectivity index (χ2v) is 5.58. The minimum atomic E-state index is -0.490. The number of benzene rings is 2. The highest BCUT2D eigenvalue weighted by molar-refractivity contribution is 6.07. The van der Waals surface area contributed by atoms with Crippen LogP contribution in [0.1, 0.15) is 21.6 Å². The third-order valence-corrected chi connectivity index (χ3v) is 3.85. The number of nitro benzene ring substituents is 1. The van der Waals surface area contributed by atoms with Crippen LogP contribution in [0.5, 0.6) is 0 Å². The zero-order valence-electron chi connectivity index (χ0n) is 13.8. The van der Waals surface area contributed by atoms with Crippen LogP contribution in [0.15, 0.2) is 60.8 Å². The van der Waals surface area contributed by atoms with E-state index in [4.69, 9.17) is 0 Å². The van der Waals surface area contributed by atoms with Crippen molar-refractivity contribution < 1.29 is 14.1 Å². The van der Waals surface area contributed by atoms with Crippen molar-refractivity contribution in [3.63, 3.8) is 0 Å². The van der Waals surface area contributed by atoms with Gasteiger partial charge >= 0.3 is 0 Å². The number of hydrogen-bond acceptors (Lipinski definition) is 4. The van der Waals surface area contributed by atoms with Crippen molar-refractivity contribution in [1.82, 2.24) is 9.78 Å². The fourth-order valence-corrected chi connectivity index (χ4v) is 2.50. The monoisotopic (exact) mass is 351 g/mol. The molecule has 0 amide bonds. The summed E-state index contributed by atoms with van der Waals surface area (Å²) in [5.74, 6) is -0.628. The quantitative estimate of drug-likeness (QED) is 0.300. The van der Waals surface area contributed by atoms with Gasteiger partial charge in [0.1, 0.15) is 5.82 Å². The Balaban J connectivity index is 1.84. The van der Waals surface area contributed by atoms with Crippen LogP contribution in [0, 0.1) is 22.9 Å². The van der Waals surface area contributed by atoms with E-state index in [0.717, 1.165) is 0 Å². The van der Waals surface area contributed by atoms with Crippen molar-refractivity contribution >= 4 is 17.5 Å². The number of carbonyl (C=O) groups is 1. The number of ketones is 1. The van der Waals surface area contributed by atoms with Crippen molar-refractivity contribution in [3.05, 3.63) is 93.6 Å². The molecular formula is C19H14FN3O3. The molecule has 0 radical (unpaired) electrons. The maximum atomic E-state index is 13.0. The number of nitro groups is 1. The first-order valence-electron chi connectivity index (χ1n) is 7.73. The van der Waals surface area contributed by atoms with Crippen molar-refractivity contribution in [1.29, 1.82) is 0 Å². The Kier molecular flexibility index (Phi) is 4.70. The molecule has 0 bridgehead atoms. The summed E-state index contributed by atoms with van der Waals surface area (Å²) in [7, 11) is 0. The number of hydrogen-bond donors (Lipinski definition) is 0. The maximum Gasteiger partial charge on any atom is 0.270 e. The first-order valence-corrected chi connectivity index (χ1v) is 7.73. The van der Waals surface area contributed by atoms with Crippen LogP contribution >= 0.6 is 0 Å². The Morgan fingerprint density at radius 1 is 1.23 bits per heavy atom. The van der Waals surface area contributed by atoms with Gasteiger partial charge in [-0.05, 0) is 42.8 Å². The summed E-state index contributed by atoms with van der Waals surface area (Å²) in [6.45, 7) is 1.74. The summed E-state index contributed by atoms with van der Waals surface area (Å²) in [6.07, 6.45) is 4.31. The lowest BCUT2D eigenvalue weighted by Crippen LogP contribution is -2.01. The zero-order valence-corrected chi connectivity index (χ0v) is 13.8. The number of rotatable bonds is 5. The molecule has 0 N–H and O–H groups in total. The molecule has 7 heteroatoms. The second kappa shape index (κ2) is 7.10. The third kappa shape index (κ3) is 3.56. The van der Waals surface area contributed by atoms with E-state index in [1.807, 2.05) is 0 Å². The van der Waals surface area contributed by atoms with Crippen molar-refractivity contribution in [3.8, 4) is 5.69 Å². The Bertz CT molecular complexity index is 1010. The number of aromatic nitrogens is 2. The molecule has 0 aliphatic rings. The van der Waals surface area contributed by atoms with Crippen molar-refractivity contribution in [2.75, 3.05) is 0 Å². The molecule has 0 unspecified atom stereocenters. The molecule has 1 aromatic heterocycles. The minimum Gasteiger partial charge on any atom is -0.289 e. The number of halogens is 1. The lowest BCUT2D eigenvalue weighted by molar-refractivity contribution is -0.384. The smallest absolute Gasteiger partial charge is 0.270 e. The highest BCUT2D eigenvalue weighted by atomic mass is 19.1. The van der Waals surface area contributed by atoms with E-state index in [2.05, 4.69) is 5.10 Å². The van der Waals surface area contributed by atoms with Gasteiger partial charge in [-0.15, -0.1) is 0 Å². The summed E-state index contributed by atoms with van der Waals surface area (Å²) in [5.41, 5.74) is 2.17. The van der Waals surface area contributed by atoms with Gasteiger partial charge in [-0.1, -0.05) is 18.2 Å². The van der Waals surface area contributed by atoms with Crippen molar-refractivity contribution in [2.24, 2.45) is 0 Å². The van der Waals surface area contributed by atoms with Crippen LogP contribution in [0.3, 0.4) is 0 Å². The highest BCUT2D eigenvalue weighted by Gasteiger charge is 2.13. The van der Waals surface area contributed by atoms with Gasteiger partial charge in [0.15, 0.2) is 5.78 Å². The Morgan fingerprint density at radius 3 is 2.65 bits per heavy atom. The van der Waals surface area contributed by atoms with E-state index in [1.54, 1.807) is 35.9 Å². The molecule has 26 heavy (non-hydrogen) atoms. The van der Waals surface area contributed by atoms with Gasteiger partial charge in [-0.25, -0.2) is 9.07 Å². The fraction of sp³-hybridized carbons (Fsp3) is 0.0526. The molecule has 0 fully saturated rings. The lowest BCUT2D eigenvalue weighted by atomic mass is 10.1. The van der Waals surface area contributed by atoms with Gasteiger partial charge in [0, 0.05) is 12.1 Å². The molecule has 2 aromatic carbocycles. The number of nitrogens with zero attached hydrogens (tertiary/aromatic N) is 3. The van der Waals surface area contributed by atoms with E-state index in [9.17, 15) is 19.3 Å². The SMILES string of the molecule is Cc1c(C(=O)C=Cc2cccc([N+](=O)[O-])c2)cnn1-c1ccc(F)cc1. The molecule has 0 saturated heterocycles. The standard InChI is InChI=1S/C19H14FN3O3/c1-13-18(12-21-22(13)16-8-6-15(20)7-9-16)19(24)10-5-14-3-2-4-17(11-14)23(25)26/h2-12H,1H3. The molecule has 6 nitrogen and oxygen atoms in total. The van der Waals surface area contributed by atoms with Crippen LogP contribution in [-0.2, 0) is 0 Å². The molecule has 0 spiro atoms. The van der Waals surface area contributed by atoms with Gasteiger partial charge in [0.2, 0.25) is 0 Å². The first kappa shape index (κ1) is 17.2. The number of non-ortho nitro benzene ring substituents is 1. The summed E-state index contributed by atoms with van der Waals surface area (Å²) >= 11 is 0. The molecule has 0 aliphatic carbocycles. The summed E-state index contributed by atoms with van der Waals surface area (Å²) in [4.78, 5) is 22.7. The molecule has 0 aliphatic heterocycles. The Labute approximate surface area is 148 Å². The van der Waals surface area contributed by atoms with Gasteiger partial charge in [-0.2, -0.15) is 5.10 Å². The number of carbonyl (C=O) groups excluding carboxylic acids is 1. The van der Waals surface area contributed by atoms with Crippen LogP contribution < -0.4 is 0 Å².